The van der Waals surface area contributed by atoms with E-state index in [1.54, 1.807) is 0 Å². The molecule has 2 rings (SSSR count). The maximum absolute atomic E-state index is 3.86. The van der Waals surface area contributed by atoms with Gasteiger partial charge in [0.1, 0.15) is 0 Å². The molecule has 0 atom stereocenters. The number of nitrogens with one attached hydrogen (secondary N) is 1. The molecule has 0 bridgehead atoms. The van der Waals surface area contributed by atoms with Crippen molar-refractivity contribution in [2.45, 2.75) is 6.42 Å². The van der Waals surface area contributed by atoms with E-state index >= 15 is 0 Å². The highest BCUT2D eigenvalue weighted by Crippen LogP contribution is 2.26. The van der Waals surface area contributed by atoms with Gasteiger partial charge in [0.2, 0.25) is 0 Å². The first kappa shape index (κ1) is 10.0. The number of halogens is 1. The topological polar surface area (TPSA) is 54.5 Å². The molecule has 0 radical (unpaired) electrons. The fourth-order valence-electron chi connectivity index (χ4n) is 1.32. The molecule has 0 aliphatic carbocycles. The largest absolute Gasteiger partial charge is 0.239 e. The van der Waals surface area contributed by atoms with Gasteiger partial charge in [0.25, 0.3) is 0 Å². The zero-order chi connectivity index (χ0) is 10.7. The van der Waals surface area contributed by atoms with E-state index in [1.807, 2.05) is 24.3 Å². The number of hydrogen-bond donors (Lipinski definition) is 1. The Hall–Kier alpha value is -1.49. The summed E-state index contributed by atoms with van der Waals surface area (Å²) in [5.74, 6) is 0.659. The molecule has 1 aromatic carbocycles. The Morgan fingerprint density at radius 1 is 1.47 bits per heavy atom. The van der Waals surface area contributed by atoms with Crippen molar-refractivity contribution in [2.24, 2.45) is 0 Å². The van der Waals surface area contributed by atoms with Crippen LogP contribution in [-0.4, -0.2) is 20.6 Å². The quantitative estimate of drug-likeness (QED) is 0.867. The molecule has 2 aromatic rings. The Morgan fingerprint density at radius 2 is 2.33 bits per heavy atom. The molecule has 1 N–H and O–H groups in total. The van der Waals surface area contributed by atoms with Gasteiger partial charge in [-0.05, 0) is 34.5 Å². The Morgan fingerprint density at radius 3 is 2.93 bits per heavy atom. The van der Waals surface area contributed by atoms with Crippen molar-refractivity contribution in [3.05, 3.63) is 40.9 Å². The molecule has 0 aliphatic rings. The van der Waals surface area contributed by atoms with Gasteiger partial charge in [-0.3, -0.25) is 0 Å². The summed E-state index contributed by atoms with van der Waals surface area (Å²) < 4.78 is 0.973. The van der Waals surface area contributed by atoms with Crippen LogP contribution in [0.15, 0.2) is 35.3 Å². The van der Waals surface area contributed by atoms with Gasteiger partial charge in [0.05, 0.1) is 0 Å². The van der Waals surface area contributed by atoms with Crippen LogP contribution in [0.1, 0.15) is 5.56 Å². The van der Waals surface area contributed by atoms with E-state index in [1.165, 1.54) is 5.56 Å². The summed E-state index contributed by atoms with van der Waals surface area (Å²) in [7, 11) is 0. The lowest BCUT2D eigenvalue weighted by molar-refractivity contribution is 0.881. The fourth-order valence-corrected chi connectivity index (χ4v) is 1.93. The second-order valence-corrected chi connectivity index (χ2v) is 3.91. The normalized spacial score (nSPS) is 10.2. The summed E-state index contributed by atoms with van der Waals surface area (Å²) in [6.07, 6.45) is 2.73. The van der Waals surface area contributed by atoms with Crippen LogP contribution in [0.25, 0.3) is 11.4 Å². The molecule has 0 amide bonds. The van der Waals surface area contributed by atoms with Crippen LogP contribution in [0.3, 0.4) is 0 Å². The van der Waals surface area contributed by atoms with E-state index < -0.39 is 0 Å². The zero-order valence-electron chi connectivity index (χ0n) is 7.94. The summed E-state index contributed by atoms with van der Waals surface area (Å²) in [6, 6.07) is 6.05. The highest BCUT2D eigenvalue weighted by molar-refractivity contribution is 9.10. The second kappa shape index (κ2) is 4.35. The van der Waals surface area contributed by atoms with Gasteiger partial charge in [0.15, 0.2) is 5.82 Å². The lowest BCUT2D eigenvalue weighted by Gasteiger charge is -2.02. The number of benzene rings is 1. The van der Waals surface area contributed by atoms with Gasteiger partial charge >= 0.3 is 0 Å². The maximum atomic E-state index is 3.86. The Bertz CT molecular complexity index is 464. The molecule has 76 valence electrons. The molecular formula is C10H9BrN4. The summed E-state index contributed by atoms with van der Waals surface area (Å²) in [5.41, 5.74) is 2.15. The predicted octanol–water partition coefficient (Wildman–Crippen LogP) is 2.36. The van der Waals surface area contributed by atoms with Gasteiger partial charge in [-0.2, -0.15) is 0 Å². The molecular weight excluding hydrogens is 256 g/mol. The Kier molecular flexibility index (Phi) is 2.91. The first-order chi connectivity index (χ1) is 7.31. The van der Waals surface area contributed by atoms with Crippen LogP contribution < -0.4 is 0 Å². The van der Waals surface area contributed by atoms with Crippen molar-refractivity contribution >= 4 is 15.9 Å². The molecule has 0 aliphatic heterocycles. The summed E-state index contributed by atoms with van der Waals surface area (Å²) in [6.45, 7) is 3.70. The summed E-state index contributed by atoms with van der Waals surface area (Å²) in [5, 5.41) is 13.7. The van der Waals surface area contributed by atoms with Crippen molar-refractivity contribution in [3.8, 4) is 11.4 Å². The third kappa shape index (κ3) is 2.12. The van der Waals surface area contributed by atoms with E-state index in [-0.39, 0.29) is 0 Å². The fraction of sp³-hybridized carbons (Fsp3) is 0.100. The molecule has 5 heteroatoms. The van der Waals surface area contributed by atoms with Gasteiger partial charge in [-0.1, -0.05) is 28.1 Å². The number of tetrazole rings is 1. The van der Waals surface area contributed by atoms with E-state index in [0.717, 1.165) is 16.5 Å². The molecule has 15 heavy (non-hydrogen) atoms. The first-order valence-corrected chi connectivity index (χ1v) is 5.24. The van der Waals surface area contributed by atoms with Gasteiger partial charge < -0.3 is 0 Å². The van der Waals surface area contributed by atoms with E-state index in [4.69, 9.17) is 0 Å². The van der Waals surface area contributed by atoms with E-state index in [0.29, 0.717) is 5.82 Å². The monoisotopic (exact) mass is 264 g/mol. The Labute approximate surface area is 95.5 Å². The lowest BCUT2D eigenvalue weighted by atomic mass is 10.1. The third-order valence-corrected chi connectivity index (χ3v) is 2.67. The minimum absolute atomic E-state index is 0.659. The molecule has 0 spiro atoms. The number of nitrogens with zero attached hydrogens (tertiary/aromatic N) is 3. The standard InChI is InChI=1S/C10H9BrN4/c1-2-3-7-4-5-8(9(11)6-7)10-12-14-15-13-10/h2,4-6H,1,3H2,(H,12,13,14,15). The lowest BCUT2D eigenvalue weighted by Crippen LogP contribution is -1.86. The SMILES string of the molecule is C=CCc1ccc(-c2nnn[nH]2)c(Br)c1. The third-order valence-electron chi connectivity index (χ3n) is 2.01. The Balaban J connectivity index is 2.39. The molecule has 4 nitrogen and oxygen atoms in total. The van der Waals surface area contributed by atoms with Crippen molar-refractivity contribution in [2.75, 3.05) is 0 Å². The second-order valence-electron chi connectivity index (χ2n) is 3.06. The van der Waals surface area contributed by atoms with Gasteiger partial charge in [0, 0.05) is 10.0 Å². The van der Waals surface area contributed by atoms with Crippen LogP contribution in [0.2, 0.25) is 0 Å². The van der Waals surface area contributed by atoms with Gasteiger partial charge in [-0.15, -0.1) is 11.7 Å². The van der Waals surface area contributed by atoms with Crippen molar-refractivity contribution in [1.82, 2.24) is 20.6 Å². The summed E-state index contributed by atoms with van der Waals surface area (Å²) in [4.78, 5) is 0. The molecule has 0 saturated carbocycles. The zero-order valence-corrected chi connectivity index (χ0v) is 9.53. The van der Waals surface area contributed by atoms with Gasteiger partial charge in [-0.25, -0.2) is 5.10 Å². The van der Waals surface area contributed by atoms with Crippen LogP contribution >= 0.6 is 15.9 Å². The van der Waals surface area contributed by atoms with Crippen LogP contribution in [0.5, 0.6) is 0 Å². The molecule has 1 aromatic heterocycles. The maximum Gasteiger partial charge on any atom is 0.180 e. The van der Waals surface area contributed by atoms with Crippen LogP contribution in [0, 0.1) is 0 Å². The minimum atomic E-state index is 0.659. The van der Waals surface area contributed by atoms with E-state index in [9.17, 15) is 0 Å². The number of aromatic nitrogens is 4. The average Bonchev–Trinajstić information content (AvgIpc) is 2.71. The van der Waals surface area contributed by atoms with Crippen LogP contribution in [0.4, 0.5) is 0 Å². The molecule has 1 heterocycles. The van der Waals surface area contributed by atoms with Crippen molar-refractivity contribution < 1.29 is 0 Å². The average molecular weight is 265 g/mol. The number of rotatable bonds is 3. The first-order valence-electron chi connectivity index (χ1n) is 4.44. The predicted molar refractivity (Wildman–Crippen MR) is 61.2 cm³/mol. The smallest absolute Gasteiger partial charge is 0.180 e. The van der Waals surface area contributed by atoms with Crippen LogP contribution in [-0.2, 0) is 6.42 Å². The van der Waals surface area contributed by atoms with E-state index in [2.05, 4.69) is 43.1 Å². The summed E-state index contributed by atoms with van der Waals surface area (Å²) >= 11 is 3.49. The number of hydrogen-bond acceptors (Lipinski definition) is 3. The highest BCUT2D eigenvalue weighted by Gasteiger charge is 2.06. The highest BCUT2D eigenvalue weighted by atomic mass is 79.9. The number of H-pyrrole nitrogens is 1. The minimum Gasteiger partial charge on any atom is -0.239 e. The number of aromatic amines is 1. The van der Waals surface area contributed by atoms with Crippen molar-refractivity contribution in [1.29, 1.82) is 0 Å². The molecule has 0 fully saturated rings. The van der Waals surface area contributed by atoms with Crippen molar-refractivity contribution in [3.63, 3.8) is 0 Å². The molecule has 0 saturated heterocycles. The molecule has 0 unspecified atom stereocenters. The number of allylic oxidation sites excluding steroid dienone is 1.